The molecule has 0 N–H and O–H groups in total. The number of benzene rings is 2. The summed E-state index contributed by atoms with van der Waals surface area (Å²) in [6, 6.07) is 15.0. The molecule has 0 aliphatic rings. The zero-order valence-corrected chi connectivity index (χ0v) is 19.6. The Morgan fingerprint density at radius 1 is 1.06 bits per heavy atom. The van der Waals surface area contributed by atoms with Gasteiger partial charge in [-0.05, 0) is 68.1 Å². The molecule has 1 atom stereocenters. The summed E-state index contributed by atoms with van der Waals surface area (Å²) in [4.78, 5) is 12.0. The summed E-state index contributed by atoms with van der Waals surface area (Å²) >= 11 is 0. The average Bonchev–Trinajstić information content (AvgIpc) is 3.15. The van der Waals surface area contributed by atoms with E-state index in [0.29, 0.717) is 17.9 Å². The number of rotatable bonds is 10. The molecule has 1 heterocycles. The summed E-state index contributed by atoms with van der Waals surface area (Å²) in [6.45, 7) is 4.43. The molecular weight excluding hydrogens is 430 g/mol. The van der Waals surface area contributed by atoms with Crippen LogP contribution in [0.15, 0.2) is 54.7 Å². The smallest absolute Gasteiger partial charge is 0.349 e. The highest BCUT2D eigenvalue weighted by Crippen LogP contribution is 2.25. The zero-order valence-electron chi connectivity index (χ0n) is 18.8. The van der Waals surface area contributed by atoms with Gasteiger partial charge in [0.1, 0.15) is 11.5 Å². The minimum absolute atomic E-state index is 0.312. The van der Waals surface area contributed by atoms with Crippen LogP contribution < -0.4 is 8.92 Å². The van der Waals surface area contributed by atoms with Crippen molar-refractivity contribution >= 4 is 27.0 Å². The van der Waals surface area contributed by atoms with Gasteiger partial charge in [-0.2, -0.15) is 8.42 Å². The van der Waals surface area contributed by atoms with Crippen LogP contribution in [-0.4, -0.2) is 37.9 Å². The minimum Gasteiger partial charge on any atom is -0.476 e. The number of esters is 1. The van der Waals surface area contributed by atoms with E-state index >= 15 is 0 Å². The monoisotopic (exact) mass is 459 g/mol. The van der Waals surface area contributed by atoms with Crippen LogP contribution in [-0.2, 0) is 32.6 Å². The van der Waals surface area contributed by atoms with Gasteiger partial charge in [0, 0.05) is 23.6 Å². The number of fused-ring (bicyclic) bond motifs is 1. The van der Waals surface area contributed by atoms with Crippen LogP contribution in [0.3, 0.4) is 0 Å². The van der Waals surface area contributed by atoms with Crippen molar-refractivity contribution in [2.24, 2.45) is 0 Å². The number of hydrogen-bond donors (Lipinski definition) is 0. The van der Waals surface area contributed by atoms with Crippen LogP contribution in [0, 0.1) is 0 Å². The molecule has 0 saturated heterocycles. The molecule has 0 spiro atoms. The third-order valence-electron chi connectivity index (χ3n) is 5.41. The molecule has 1 aromatic heterocycles. The molecule has 172 valence electrons. The molecule has 0 aliphatic heterocycles. The number of aryl methyl sites for hydroxylation is 2. The first-order valence-electron chi connectivity index (χ1n) is 10.5. The van der Waals surface area contributed by atoms with Crippen LogP contribution in [0.25, 0.3) is 10.9 Å². The first-order chi connectivity index (χ1) is 15.1. The van der Waals surface area contributed by atoms with Gasteiger partial charge < -0.3 is 18.2 Å². The Bertz CT molecular complexity index is 1180. The minimum atomic E-state index is -3.54. The summed E-state index contributed by atoms with van der Waals surface area (Å²) in [5, 5.41) is 0.928. The van der Waals surface area contributed by atoms with Gasteiger partial charge in [-0.1, -0.05) is 19.1 Å². The van der Waals surface area contributed by atoms with Gasteiger partial charge in [-0.3, -0.25) is 0 Å². The van der Waals surface area contributed by atoms with E-state index < -0.39 is 21.7 Å². The quantitative estimate of drug-likeness (QED) is 0.331. The lowest BCUT2D eigenvalue weighted by Gasteiger charge is -2.26. The van der Waals surface area contributed by atoms with Gasteiger partial charge in [0.2, 0.25) is 5.60 Å². The zero-order chi connectivity index (χ0) is 23.4. The third-order valence-corrected chi connectivity index (χ3v) is 5.91. The number of methoxy groups -OCH3 is 1. The second-order valence-corrected chi connectivity index (χ2v) is 9.52. The summed E-state index contributed by atoms with van der Waals surface area (Å²) in [6.07, 6.45) is 5.35. The molecule has 0 radical (unpaired) electrons. The van der Waals surface area contributed by atoms with Crippen molar-refractivity contribution in [3.63, 3.8) is 0 Å². The molecule has 7 nitrogen and oxygen atoms in total. The number of ether oxygens (including phenoxy) is 2. The fourth-order valence-corrected chi connectivity index (χ4v) is 3.96. The number of aromatic nitrogens is 1. The lowest BCUT2D eigenvalue weighted by atomic mass is 10.0. The van der Waals surface area contributed by atoms with E-state index in [4.69, 9.17) is 13.7 Å². The highest BCUT2D eigenvalue weighted by Gasteiger charge is 2.34. The van der Waals surface area contributed by atoms with E-state index in [1.807, 2.05) is 49.5 Å². The normalized spacial score (nSPS) is 13.5. The van der Waals surface area contributed by atoms with E-state index in [0.717, 1.165) is 36.5 Å². The van der Waals surface area contributed by atoms with Crippen molar-refractivity contribution in [2.45, 2.75) is 45.3 Å². The summed E-state index contributed by atoms with van der Waals surface area (Å²) in [7, 11) is -2.18. The Labute approximate surface area is 189 Å². The van der Waals surface area contributed by atoms with Crippen molar-refractivity contribution in [3.05, 3.63) is 60.3 Å². The Balaban J connectivity index is 1.58. The third kappa shape index (κ3) is 5.82. The molecule has 3 aromatic rings. The molecule has 0 amide bonds. The van der Waals surface area contributed by atoms with E-state index in [1.165, 1.54) is 12.7 Å². The fourth-order valence-electron chi connectivity index (χ4n) is 3.51. The maximum atomic E-state index is 12.0. The van der Waals surface area contributed by atoms with Crippen molar-refractivity contribution in [1.82, 2.24) is 4.57 Å². The maximum absolute atomic E-state index is 12.0. The van der Waals surface area contributed by atoms with Gasteiger partial charge in [0.05, 0.1) is 13.4 Å². The van der Waals surface area contributed by atoms with Gasteiger partial charge in [-0.15, -0.1) is 0 Å². The highest BCUT2D eigenvalue weighted by atomic mass is 32.2. The maximum Gasteiger partial charge on any atom is 0.349 e. The molecule has 3 rings (SSSR count). The van der Waals surface area contributed by atoms with Crippen LogP contribution in [0.5, 0.6) is 11.5 Å². The van der Waals surface area contributed by atoms with Crippen LogP contribution in [0.2, 0.25) is 0 Å². The van der Waals surface area contributed by atoms with E-state index in [9.17, 15) is 13.2 Å². The Morgan fingerprint density at radius 3 is 2.38 bits per heavy atom. The molecule has 1 unspecified atom stereocenters. The van der Waals surface area contributed by atoms with Crippen molar-refractivity contribution in [2.75, 3.05) is 13.4 Å². The first-order valence-corrected chi connectivity index (χ1v) is 12.3. The molecule has 0 fully saturated rings. The Hall–Kier alpha value is -3.00. The largest absolute Gasteiger partial charge is 0.476 e. The van der Waals surface area contributed by atoms with E-state index in [1.54, 1.807) is 19.1 Å². The topological polar surface area (TPSA) is 83.8 Å². The predicted octanol–water partition coefficient (Wildman–Crippen LogP) is 4.33. The summed E-state index contributed by atoms with van der Waals surface area (Å²) < 4.78 is 40.4. The van der Waals surface area contributed by atoms with Gasteiger partial charge >= 0.3 is 16.1 Å². The SMILES string of the molecule is CCC(C)(Oc1ccc(CCCn2ccc3cc(OS(C)(=O)=O)ccc32)cc1)C(=O)OC. The second kappa shape index (κ2) is 9.65. The summed E-state index contributed by atoms with van der Waals surface area (Å²) in [5.74, 6) is 0.552. The Morgan fingerprint density at radius 2 is 1.75 bits per heavy atom. The highest BCUT2D eigenvalue weighted by molar-refractivity contribution is 7.86. The molecule has 0 saturated carbocycles. The molecule has 0 aliphatic carbocycles. The molecule has 0 bridgehead atoms. The summed E-state index contributed by atoms with van der Waals surface area (Å²) in [5.41, 5.74) is 1.20. The lowest BCUT2D eigenvalue weighted by molar-refractivity contribution is -0.157. The number of carbonyl (C=O) groups is 1. The second-order valence-electron chi connectivity index (χ2n) is 7.94. The van der Waals surface area contributed by atoms with Gasteiger partial charge in [0.25, 0.3) is 0 Å². The van der Waals surface area contributed by atoms with Crippen LogP contribution in [0.1, 0.15) is 32.3 Å². The van der Waals surface area contributed by atoms with Crippen LogP contribution >= 0.6 is 0 Å². The lowest BCUT2D eigenvalue weighted by Crippen LogP contribution is -2.41. The van der Waals surface area contributed by atoms with E-state index in [2.05, 4.69) is 4.57 Å². The Kier molecular flexibility index (Phi) is 7.13. The van der Waals surface area contributed by atoms with Crippen molar-refractivity contribution < 1.29 is 26.9 Å². The fraction of sp³-hybridized carbons (Fsp3) is 0.375. The van der Waals surface area contributed by atoms with Gasteiger partial charge in [-0.25, -0.2) is 4.79 Å². The molecule has 2 aromatic carbocycles. The van der Waals surface area contributed by atoms with Gasteiger partial charge in [0.15, 0.2) is 0 Å². The number of hydrogen-bond acceptors (Lipinski definition) is 6. The van der Waals surface area contributed by atoms with Crippen molar-refractivity contribution in [1.29, 1.82) is 0 Å². The molecule has 8 heteroatoms. The van der Waals surface area contributed by atoms with Crippen LogP contribution in [0.4, 0.5) is 0 Å². The van der Waals surface area contributed by atoms with E-state index in [-0.39, 0.29) is 0 Å². The predicted molar refractivity (Wildman–Crippen MR) is 124 cm³/mol. The standard InChI is InChI=1S/C24H29NO6S/c1-5-24(2,23(26)29-3)30-20-10-8-18(9-11-20)7-6-15-25-16-14-19-17-21(12-13-22(19)25)31-32(4,27)28/h8-14,16-17H,5-7,15H2,1-4H3. The number of nitrogens with zero attached hydrogens (tertiary/aromatic N) is 1. The first kappa shape index (κ1) is 23.7. The average molecular weight is 460 g/mol. The molecule has 32 heavy (non-hydrogen) atoms. The molecular formula is C24H29NO6S. The number of carbonyl (C=O) groups excluding carboxylic acids is 1. The van der Waals surface area contributed by atoms with Crippen molar-refractivity contribution in [3.8, 4) is 11.5 Å².